The predicted molar refractivity (Wildman–Crippen MR) is 55.1 cm³/mol. The number of likely N-dealkylation sites (tertiary alicyclic amines) is 1. The smallest absolute Gasteiger partial charge is 0.411 e. The van der Waals surface area contributed by atoms with Gasteiger partial charge in [-0.2, -0.15) is 0 Å². The van der Waals surface area contributed by atoms with E-state index in [2.05, 4.69) is 5.92 Å². The van der Waals surface area contributed by atoms with Gasteiger partial charge in [-0.05, 0) is 20.8 Å². The SMILES string of the molecule is C#C[C@H]1C[C@@H](F)CN1C(=O)OC(C)(C)C. The van der Waals surface area contributed by atoms with Gasteiger partial charge in [0.1, 0.15) is 11.8 Å². The maximum absolute atomic E-state index is 13.1. The summed E-state index contributed by atoms with van der Waals surface area (Å²) in [6.07, 6.45) is 3.85. The molecule has 0 saturated carbocycles. The molecule has 3 nitrogen and oxygen atoms in total. The van der Waals surface area contributed by atoms with Gasteiger partial charge in [-0.3, -0.25) is 4.90 Å². The van der Waals surface area contributed by atoms with E-state index in [0.717, 1.165) is 0 Å². The van der Waals surface area contributed by atoms with E-state index in [0.29, 0.717) is 0 Å². The van der Waals surface area contributed by atoms with Crippen LogP contribution in [0.3, 0.4) is 0 Å². The Morgan fingerprint density at radius 1 is 1.60 bits per heavy atom. The Kier molecular flexibility index (Phi) is 3.23. The van der Waals surface area contributed by atoms with E-state index in [1.54, 1.807) is 20.8 Å². The number of carbonyl (C=O) groups is 1. The standard InChI is InChI=1S/C11H16FNO2/c1-5-9-6-8(12)7-13(9)10(14)15-11(2,3)4/h1,8-9H,6-7H2,2-4H3/t8-,9+/m1/s1. The van der Waals surface area contributed by atoms with E-state index in [1.165, 1.54) is 4.90 Å². The third-order valence-electron chi connectivity index (χ3n) is 2.07. The van der Waals surface area contributed by atoms with Gasteiger partial charge in [0.05, 0.1) is 12.6 Å². The molecule has 0 radical (unpaired) electrons. The number of halogens is 1. The second-order valence-corrected chi connectivity index (χ2v) is 4.65. The number of amides is 1. The number of alkyl halides is 1. The van der Waals surface area contributed by atoms with Gasteiger partial charge in [0.25, 0.3) is 0 Å². The Morgan fingerprint density at radius 3 is 2.67 bits per heavy atom. The van der Waals surface area contributed by atoms with Crippen LogP contribution in [0.1, 0.15) is 27.2 Å². The summed E-state index contributed by atoms with van der Waals surface area (Å²) in [4.78, 5) is 12.9. The van der Waals surface area contributed by atoms with Crippen molar-refractivity contribution in [1.29, 1.82) is 0 Å². The first-order valence-corrected chi connectivity index (χ1v) is 4.93. The van der Waals surface area contributed by atoms with Crippen LogP contribution < -0.4 is 0 Å². The monoisotopic (exact) mass is 213 g/mol. The Labute approximate surface area is 89.6 Å². The normalized spacial score (nSPS) is 26.2. The third kappa shape index (κ3) is 3.12. The van der Waals surface area contributed by atoms with Gasteiger partial charge in [0, 0.05) is 6.42 Å². The molecule has 0 aromatic rings. The second-order valence-electron chi connectivity index (χ2n) is 4.65. The summed E-state index contributed by atoms with van der Waals surface area (Å²) in [5, 5.41) is 0. The molecule has 1 amide bonds. The molecule has 1 rings (SSSR count). The van der Waals surface area contributed by atoms with Crippen molar-refractivity contribution in [3.63, 3.8) is 0 Å². The summed E-state index contributed by atoms with van der Waals surface area (Å²) >= 11 is 0. The number of hydrogen-bond acceptors (Lipinski definition) is 2. The van der Waals surface area contributed by atoms with Crippen molar-refractivity contribution in [3.05, 3.63) is 0 Å². The number of rotatable bonds is 0. The zero-order valence-electron chi connectivity index (χ0n) is 9.29. The highest BCUT2D eigenvalue weighted by atomic mass is 19.1. The minimum absolute atomic E-state index is 0.0315. The fourth-order valence-electron chi connectivity index (χ4n) is 1.47. The fraction of sp³-hybridized carbons (Fsp3) is 0.727. The molecule has 1 heterocycles. The van der Waals surface area contributed by atoms with Crippen molar-refractivity contribution in [1.82, 2.24) is 4.90 Å². The maximum Gasteiger partial charge on any atom is 0.411 e. The molecular weight excluding hydrogens is 197 g/mol. The largest absolute Gasteiger partial charge is 0.444 e. The molecule has 2 atom stereocenters. The molecule has 15 heavy (non-hydrogen) atoms. The number of nitrogens with zero attached hydrogens (tertiary/aromatic N) is 1. The predicted octanol–water partition coefficient (Wildman–Crippen LogP) is 1.97. The van der Waals surface area contributed by atoms with Crippen LogP contribution in [0.25, 0.3) is 0 Å². The van der Waals surface area contributed by atoms with E-state index in [-0.39, 0.29) is 13.0 Å². The summed E-state index contributed by atoms with van der Waals surface area (Å²) in [6.45, 7) is 5.32. The molecule has 0 N–H and O–H groups in total. The molecule has 0 aromatic heterocycles. The summed E-state index contributed by atoms with van der Waals surface area (Å²) < 4.78 is 18.2. The van der Waals surface area contributed by atoms with Gasteiger partial charge in [-0.1, -0.05) is 5.92 Å². The van der Waals surface area contributed by atoms with Crippen molar-refractivity contribution < 1.29 is 13.9 Å². The van der Waals surface area contributed by atoms with Gasteiger partial charge in [0.15, 0.2) is 0 Å². The molecule has 1 aliphatic rings. The van der Waals surface area contributed by atoms with Crippen LogP contribution in [0.2, 0.25) is 0 Å². The summed E-state index contributed by atoms with van der Waals surface area (Å²) in [5.74, 6) is 2.40. The molecule has 1 saturated heterocycles. The second kappa shape index (κ2) is 4.09. The van der Waals surface area contributed by atoms with Gasteiger partial charge in [-0.15, -0.1) is 6.42 Å². The van der Waals surface area contributed by atoms with Gasteiger partial charge >= 0.3 is 6.09 Å². The minimum atomic E-state index is -1.04. The zero-order chi connectivity index (χ0) is 11.6. The summed E-state index contributed by atoms with van der Waals surface area (Å²) in [7, 11) is 0. The molecule has 0 bridgehead atoms. The molecule has 1 fully saturated rings. The first-order valence-electron chi connectivity index (χ1n) is 4.93. The van der Waals surface area contributed by atoms with E-state index < -0.39 is 23.9 Å². The molecule has 0 aliphatic carbocycles. The Balaban J connectivity index is 2.64. The van der Waals surface area contributed by atoms with Crippen LogP contribution in [0.5, 0.6) is 0 Å². The lowest BCUT2D eigenvalue weighted by Crippen LogP contribution is -2.39. The average molecular weight is 213 g/mol. The van der Waals surface area contributed by atoms with Crippen molar-refractivity contribution in [2.75, 3.05) is 6.54 Å². The average Bonchev–Trinajstić information content (AvgIpc) is 2.43. The quantitative estimate of drug-likeness (QED) is 0.576. The number of terminal acetylenes is 1. The minimum Gasteiger partial charge on any atom is -0.444 e. The Morgan fingerprint density at radius 2 is 2.20 bits per heavy atom. The number of carbonyl (C=O) groups excluding carboxylic acids is 1. The molecule has 0 unspecified atom stereocenters. The lowest BCUT2D eigenvalue weighted by atomic mass is 10.2. The van der Waals surface area contributed by atoms with Crippen LogP contribution in [-0.4, -0.2) is 35.4 Å². The molecule has 4 heteroatoms. The highest BCUT2D eigenvalue weighted by Crippen LogP contribution is 2.22. The lowest BCUT2D eigenvalue weighted by molar-refractivity contribution is 0.0251. The maximum atomic E-state index is 13.1. The van der Waals surface area contributed by atoms with E-state index in [4.69, 9.17) is 11.2 Å². The van der Waals surface area contributed by atoms with Crippen LogP contribution in [0.15, 0.2) is 0 Å². The van der Waals surface area contributed by atoms with Crippen LogP contribution in [0.4, 0.5) is 9.18 Å². The van der Waals surface area contributed by atoms with Crippen molar-refractivity contribution in [2.45, 2.75) is 45.0 Å². The fourth-order valence-corrected chi connectivity index (χ4v) is 1.47. The summed E-state index contributed by atoms with van der Waals surface area (Å²) in [6, 6.07) is -0.477. The van der Waals surface area contributed by atoms with Crippen LogP contribution >= 0.6 is 0 Å². The molecule has 0 spiro atoms. The molecular formula is C11H16FNO2. The zero-order valence-corrected chi connectivity index (χ0v) is 9.29. The van der Waals surface area contributed by atoms with Crippen molar-refractivity contribution in [2.24, 2.45) is 0 Å². The molecule has 84 valence electrons. The highest BCUT2D eigenvalue weighted by molar-refractivity contribution is 5.69. The summed E-state index contributed by atoms with van der Waals surface area (Å²) in [5.41, 5.74) is -0.579. The first kappa shape index (κ1) is 11.8. The van der Waals surface area contributed by atoms with Crippen LogP contribution in [-0.2, 0) is 4.74 Å². The molecule has 0 aromatic carbocycles. The third-order valence-corrected chi connectivity index (χ3v) is 2.07. The Hall–Kier alpha value is -1.24. The van der Waals surface area contributed by atoms with Crippen molar-refractivity contribution in [3.8, 4) is 12.3 Å². The van der Waals surface area contributed by atoms with E-state index >= 15 is 0 Å². The van der Waals surface area contributed by atoms with Crippen LogP contribution in [0, 0.1) is 12.3 Å². The Bertz CT molecular complexity index is 290. The number of hydrogen-bond donors (Lipinski definition) is 0. The van der Waals surface area contributed by atoms with Crippen molar-refractivity contribution >= 4 is 6.09 Å². The van der Waals surface area contributed by atoms with Gasteiger partial charge in [-0.25, -0.2) is 9.18 Å². The van der Waals surface area contributed by atoms with E-state index in [9.17, 15) is 9.18 Å². The van der Waals surface area contributed by atoms with Gasteiger partial charge < -0.3 is 4.74 Å². The van der Waals surface area contributed by atoms with E-state index in [1.807, 2.05) is 0 Å². The highest BCUT2D eigenvalue weighted by Gasteiger charge is 2.36. The lowest BCUT2D eigenvalue weighted by Gasteiger charge is -2.26. The molecule has 1 aliphatic heterocycles. The topological polar surface area (TPSA) is 29.5 Å². The first-order chi connectivity index (χ1) is 6.83. The van der Waals surface area contributed by atoms with Gasteiger partial charge in [0.2, 0.25) is 0 Å². The number of ether oxygens (including phenoxy) is 1.